The molecule has 0 aromatic heterocycles. The molecule has 0 atom stereocenters. The molecule has 0 unspecified atom stereocenters. The molecule has 0 aliphatic carbocycles. The number of piperidine rings is 1. The number of hydrogen-bond donors (Lipinski definition) is 1. The highest BCUT2D eigenvalue weighted by Gasteiger charge is 2.23. The minimum Gasteiger partial charge on any atom is -0.369 e. The van der Waals surface area contributed by atoms with E-state index in [9.17, 15) is 9.59 Å². The quantitative estimate of drug-likeness (QED) is 0.907. The highest BCUT2D eigenvalue weighted by atomic mass is 32.2. The molecule has 1 fully saturated rings. The molecule has 1 aliphatic rings. The van der Waals surface area contributed by atoms with Crippen LogP contribution in [0.2, 0.25) is 0 Å². The summed E-state index contributed by atoms with van der Waals surface area (Å²) in [6.45, 7) is 2.00. The zero-order valence-electron chi connectivity index (χ0n) is 10.7. The van der Waals surface area contributed by atoms with Crippen molar-refractivity contribution in [2.75, 3.05) is 19.6 Å². The van der Waals surface area contributed by atoms with E-state index in [4.69, 9.17) is 5.73 Å². The Morgan fingerprint density at radius 2 is 1.84 bits per heavy atom. The lowest BCUT2D eigenvalue weighted by Crippen LogP contribution is -2.40. The van der Waals surface area contributed by atoms with Crippen molar-refractivity contribution in [1.82, 2.24) is 4.90 Å². The number of rotatable bonds is 4. The Labute approximate surface area is 117 Å². The average molecular weight is 278 g/mol. The van der Waals surface area contributed by atoms with E-state index in [-0.39, 0.29) is 11.0 Å². The summed E-state index contributed by atoms with van der Waals surface area (Å²) in [5.41, 5.74) is 5.93. The highest BCUT2D eigenvalue weighted by Crippen LogP contribution is 2.26. The second kappa shape index (κ2) is 6.73. The topological polar surface area (TPSA) is 63.4 Å². The van der Waals surface area contributed by atoms with Crippen LogP contribution in [0.4, 0.5) is 0 Å². The second-order valence-corrected chi connectivity index (χ2v) is 5.99. The molecule has 1 aromatic carbocycles. The van der Waals surface area contributed by atoms with E-state index in [2.05, 4.69) is 0 Å². The third-order valence-electron chi connectivity index (χ3n) is 3.20. The summed E-state index contributed by atoms with van der Waals surface area (Å²) in [6, 6.07) is 9.35. The minimum absolute atomic E-state index is 0.133. The predicted octanol–water partition coefficient (Wildman–Crippen LogP) is 1.51. The molecule has 102 valence electrons. The van der Waals surface area contributed by atoms with Crippen LogP contribution < -0.4 is 5.73 Å². The largest absolute Gasteiger partial charge is 0.369 e. The fourth-order valence-corrected chi connectivity index (χ4v) is 3.22. The van der Waals surface area contributed by atoms with Gasteiger partial charge in [-0.2, -0.15) is 0 Å². The van der Waals surface area contributed by atoms with Crippen LogP contribution in [0.1, 0.15) is 23.2 Å². The molecule has 1 saturated heterocycles. The van der Waals surface area contributed by atoms with Gasteiger partial charge in [-0.05, 0) is 25.9 Å². The van der Waals surface area contributed by atoms with E-state index in [1.807, 2.05) is 35.2 Å². The molecule has 19 heavy (non-hydrogen) atoms. The maximum Gasteiger partial charge on any atom is 0.231 e. The van der Waals surface area contributed by atoms with Crippen molar-refractivity contribution < 1.29 is 9.59 Å². The maximum absolute atomic E-state index is 12.0. The Morgan fingerprint density at radius 1 is 1.21 bits per heavy atom. The molecule has 1 aliphatic heterocycles. The SMILES string of the molecule is NC(=O)CN1CCC(SC(=O)c2ccccc2)CC1. The molecule has 1 aromatic rings. The van der Waals surface area contributed by atoms with Gasteiger partial charge in [-0.15, -0.1) is 0 Å². The van der Waals surface area contributed by atoms with Crippen molar-refractivity contribution in [3.63, 3.8) is 0 Å². The van der Waals surface area contributed by atoms with Gasteiger partial charge in [0.05, 0.1) is 6.54 Å². The van der Waals surface area contributed by atoms with Crippen LogP contribution in [0, 0.1) is 0 Å². The van der Waals surface area contributed by atoms with Crippen molar-refractivity contribution in [2.45, 2.75) is 18.1 Å². The standard InChI is InChI=1S/C14H18N2O2S/c15-13(17)10-16-8-6-12(7-9-16)19-14(18)11-4-2-1-3-5-11/h1-5,12H,6-10H2,(H2,15,17). The molecule has 1 heterocycles. The van der Waals surface area contributed by atoms with Gasteiger partial charge in [-0.25, -0.2) is 0 Å². The zero-order chi connectivity index (χ0) is 13.7. The molecular weight excluding hydrogens is 260 g/mol. The number of carbonyl (C=O) groups is 2. The third kappa shape index (κ3) is 4.36. The molecule has 2 rings (SSSR count). The van der Waals surface area contributed by atoms with Gasteiger partial charge in [0.1, 0.15) is 0 Å². The lowest BCUT2D eigenvalue weighted by Gasteiger charge is -2.30. The summed E-state index contributed by atoms with van der Waals surface area (Å²) in [4.78, 5) is 24.9. The van der Waals surface area contributed by atoms with Crippen LogP contribution in [-0.2, 0) is 4.79 Å². The van der Waals surface area contributed by atoms with Crippen LogP contribution in [-0.4, -0.2) is 40.8 Å². The molecule has 5 heteroatoms. The van der Waals surface area contributed by atoms with Gasteiger partial charge in [-0.3, -0.25) is 14.5 Å². The average Bonchev–Trinajstić information content (AvgIpc) is 2.41. The van der Waals surface area contributed by atoms with Gasteiger partial charge >= 0.3 is 0 Å². The molecule has 0 bridgehead atoms. The van der Waals surface area contributed by atoms with Gasteiger partial charge in [0.15, 0.2) is 0 Å². The van der Waals surface area contributed by atoms with Crippen molar-refractivity contribution >= 4 is 22.8 Å². The maximum atomic E-state index is 12.0. The van der Waals surface area contributed by atoms with Crippen molar-refractivity contribution in [3.8, 4) is 0 Å². The van der Waals surface area contributed by atoms with Crippen LogP contribution >= 0.6 is 11.8 Å². The first-order valence-electron chi connectivity index (χ1n) is 6.42. The van der Waals surface area contributed by atoms with Crippen molar-refractivity contribution in [2.24, 2.45) is 5.73 Å². The van der Waals surface area contributed by atoms with Gasteiger partial charge in [0.2, 0.25) is 11.0 Å². The molecular formula is C14H18N2O2S. The number of nitrogens with two attached hydrogens (primary N) is 1. The van der Waals surface area contributed by atoms with Crippen LogP contribution in [0.5, 0.6) is 0 Å². The monoisotopic (exact) mass is 278 g/mol. The van der Waals surface area contributed by atoms with Gasteiger partial charge in [-0.1, -0.05) is 42.1 Å². The first-order chi connectivity index (χ1) is 9.15. The van der Waals surface area contributed by atoms with E-state index < -0.39 is 0 Å². The predicted molar refractivity (Wildman–Crippen MR) is 77.0 cm³/mol. The third-order valence-corrected chi connectivity index (χ3v) is 4.45. The number of hydrogen-bond acceptors (Lipinski definition) is 4. The van der Waals surface area contributed by atoms with Gasteiger partial charge in [0, 0.05) is 10.8 Å². The normalized spacial score (nSPS) is 17.3. The Hall–Kier alpha value is -1.33. The Bertz CT molecular complexity index is 442. The second-order valence-electron chi connectivity index (χ2n) is 4.71. The Morgan fingerprint density at radius 3 is 2.42 bits per heavy atom. The molecule has 0 spiro atoms. The van der Waals surface area contributed by atoms with Crippen molar-refractivity contribution in [1.29, 1.82) is 0 Å². The number of thioether (sulfide) groups is 1. The summed E-state index contributed by atoms with van der Waals surface area (Å²) < 4.78 is 0. The lowest BCUT2D eigenvalue weighted by molar-refractivity contribution is -0.119. The smallest absolute Gasteiger partial charge is 0.231 e. The number of nitrogens with zero attached hydrogens (tertiary/aromatic N) is 1. The summed E-state index contributed by atoms with van der Waals surface area (Å²) in [5.74, 6) is -0.286. The molecule has 0 radical (unpaired) electrons. The summed E-state index contributed by atoms with van der Waals surface area (Å²) in [7, 11) is 0. The summed E-state index contributed by atoms with van der Waals surface area (Å²) in [6.07, 6.45) is 1.85. The number of likely N-dealkylation sites (tertiary alicyclic amines) is 1. The van der Waals surface area contributed by atoms with Crippen LogP contribution in [0.15, 0.2) is 30.3 Å². The molecule has 1 amide bonds. The van der Waals surface area contributed by atoms with Gasteiger partial charge in [0.25, 0.3) is 0 Å². The van der Waals surface area contributed by atoms with Crippen molar-refractivity contribution in [3.05, 3.63) is 35.9 Å². The fraction of sp³-hybridized carbons (Fsp3) is 0.429. The van der Waals surface area contributed by atoms with E-state index >= 15 is 0 Å². The number of carbonyl (C=O) groups excluding carboxylic acids is 2. The lowest BCUT2D eigenvalue weighted by atomic mass is 10.1. The highest BCUT2D eigenvalue weighted by molar-refractivity contribution is 8.14. The molecule has 2 N–H and O–H groups in total. The summed E-state index contributed by atoms with van der Waals surface area (Å²) in [5, 5.41) is 0.478. The zero-order valence-corrected chi connectivity index (χ0v) is 11.6. The van der Waals surface area contributed by atoms with E-state index in [1.54, 1.807) is 0 Å². The van der Waals surface area contributed by atoms with E-state index in [0.717, 1.165) is 31.5 Å². The molecule has 0 saturated carbocycles. The summed E-state index contributed by atoms with van der Waals surface area (Å²) >= 11 is 1.41. The molecule has 4 nitrogen and oxygen atoms in total. The van der Waals surface area contributed by atoms with Crippen LogP contribution in [0.3, 0.4) is 0 Å². The van der Waals surface area contributed by atoms with Crippen LogP contribution in [0.25, 0.3) is 0 Å². The van der Waals surface area contributed by atoms with E-state index in [0.29, 0.717) is 11.8 Å². The Balaban J connectivity index is 1.80. The minimum atomic E-state index is -0.286. The first kappa shape index (κ1) is 14.1. The number of benzene rings is 1. The number of primary amides is 1. The first-order valence-corrected chi connectivity index (χ1v) is 7.30. The fourth-order valence-electron chi connectivity index (χ4n) is 2.20. The van der Waals surface area contributed by atoms with Gasteiger partial charge < -0.3 is 5.73 Å². The Kier molecular flexibility index (Phi) is 4.99. The van der Waals surface area contributed by atoms with E-state index in [1.165, 1.54) is 11.8 Å². The number of amides is 1.